The normalized spacial score (nSPS) is 13.7. The molecule has 2 atom stereocenters. The molecule has 4 nitrogen and oxygen atoms in total. The number of carbonyl (C=O) groups is 2. The smallest absolute Gasteiger partial charge is 0.262 e. The zero-order valence-corrected chi connectivity index (χ0v) is 25.8. The molecule has 1 aliphatic rings. The number of nitrogens with zero attached hydrogens (tertiary/aromatic N) is 1. The van der Waals surface area contributed by atoms with Crippen LogP contribution in [0.4, 0.5) is 0 Å². The highest BCUT2D eigenvalue weighted by atomic mass is 127. The van der Waals surface area contributed by atoms with Crippen molar-refractivity contribution in [1.29, 1.82) is 0 Å². The SMILES string of the molecule is NC(c1ccccc1)c1ccc(I)cc1.O=C1c2ccccc2C(=O)N1C(c1ccccc1)c1ccc(I)cc1. The minimum atomic E-state index is -0.439. The summed E-state index contributed by atoms with van der Waals surface area (Å²) in [7, 11) is 0. The molecule has 0 aromatic heterocycles. The minimum Gasteiger partial charge on any atom is -0.320 e. The zero-order chi connectivity index (χ0) is 28.1. The third kappa shape index (κ3) is 6.19. The second-order valence-corrected chi connectivity index (χ2v) is 11.8. The standard InChI is InChI=1S/C21H14INO2.C13H12IN/c22-16-12-10-15(11-13-16)19(14-6-2-1-3-7-14)23-20(24)17-8-4-5-9-18(17)21(23)25;14-12-8-6-11(7-9-12)13(15)10-4-2-1-3-5-10/h1-13,19H;1-9,13H,15H2. The van der Waals surface area contributed by atoms with E-state index >= 15 is 0 Å². The molecule has 0 aliphatic carbocycles. The zero-order valence-electron chi connectivity index (χ0n) is 21.5. The summed E-state index contributed by atoms with van der Waals surface area (Å²) in [6.07, 6.45) is 0. The summed E-state index contributed by atoms with van der Waals surface area (Å²) < 4.78 is 2.34. The first-order valence-electron chi connectivity index (χ1n) is 12.8. The molecule has 2 N–H and O–H groups in total. The Morgan fingerprint density at radius 2 is 0.825 bits per heavy atom. The Hall–Kier alpha value is -3.34. The molecule has 0 fully saturated rings. The van der Waals surface area contributed by atoms with E-state index < -0.39 is 6.04 Å². The number of amides is 2. The van der Waals surface area contributed by atoms with Gasteiger partial charge in [-0.3, -0.25) is 14.5 Å². The Morgan fingerprint density at radius 3 is 1.30 bits per heavy atom. The fourth-order valence-corrected chi connectivity index (χ4v) is 5.46. The predicted molar refractivity (Wildman–Crippen MR) is 176 cm³/mol. The number of carbonyl (C=O) groups excluding carboxylic acids is 2. The molecule has 6 heteroatoms. The Labute approximate surface area is 261 Å². The molecule has 1 heterocycles. The van der Waals surface area contributed by atoms with Crippen LogP contribution in [-0.2, 0) is 0 Å². The van der Waals surface area contributed by atoms with Crippen molar-refractivity contribution in [3.63, 3.8) is 0 Å². The van der Waals surface area contributed by atoms with Crippen LogP contribution in [0.2, 0.25) is 0 Å². The number of nitrogens with two attached hydrogens (primary N) is 1. The van der Waals surface area contributed by atoms with Crippen LogP contribution in [0.3, 0.4) is 0 Å². The van der Waals surface area contributed by atoms with Crippen LogP contribution in [0.5, 0.6) is 0 Å². The highest BCUT2D eigenvalue weighted by Crippen LogP contribution is 2.36. The van der Waals surface area contributed by atoms with Gasteiger partial charge in [0.15, 0.2) is 0 Å². The first kappa shape index (κ1) is 28.2. The largest absolute Gasteiger partial charge is 0.320 e. The number of benzene rings is 5. The molecule has 0 spiro atoms. The Bertz CT molecular complexity index is 1570. The number of imide groups is 1. The summed E-state index contributed by atoms with van der Waals surface area (Å²) in [5.41, 5.74) is 11.2. The predicted octanol–water partition coefficient (Wildman–Crippen LogP) is 8.02. The van der Waals surface area contributed by atoms with Gasteiger partial charge in [-0.05, 0) is 104 Å². The lowest BCUT2D eigenvalue weighted by atomic mass is 9.97. The molecule has 6 rings (SSSR count). The molecule has 5 aromatic rings. The average Bonchev–Trinajstić information content (AvgIpc) is 3.25. The maximum Gasteiger partial charge on any atom is 0.262 e. The Balaban J connectivity index is 0.000000184. The van der Waals surface area contributed by atoms with Crippen molar-refractivity contribution in [3.05, 3.63) is 174 Å². The van der Waals surface area contributed by atoms with Gasteiger partial charge in [0, 0.05) is 7.14 Å². The van der Waals surface area contributed by atoms with Gasteiger partial charge in [-0.2, -0.15) is 0 Å². The van der Waals surface area contributed by atoms with Gasteiger partial charge in [0.1, 0.15) is 0 Å². The van der Waals surface area contributed by atoms with Crippen LogP contribution in [-0.4, -0.2) is 16.7 Å². The molecule has 40 heavy (non-hydrogen) atoms. The van der Waals surface area contributed by atoms with E-state index in [0.29, 0.717) is 11.1 Å². The second-order valence-electron chi connectivity index (χ2n) is 9.33. The number of fused-ring (bicyclic) bond motifs is 1. The van der Waals surface area contributed by atoms with Gasteiger partial charge in [-0.15, -0.1) is 0 Å². The van der Waals surface area contributed by atoms with Crippen molar-refractivity contribution >= 4 is 57.0 Å². The number of hydrogen-bond donors (Lipinski definition) is 1. The summed E-state index contributed by atoms with van der Waals surface area (Å²) in [4.78, 5) is 27.3. The summed E-state index contributed by atoms with van der Waals surface area (Å²) in [6, 6.07) is 42.6. The minimum absolute atomic E-state index is 0.0248. The van der Waals surface area contributed by atoms with Crippen LogP contribution in [0.15, 0.2) is 133 Å². The quantitative estimate of drug-likeness (QED) is 0.146. The van der Waals surface area contributed by atoms with Gasteiger partial charge in [-0.25, -0.2) is 0 Å². The molecule has 198 valence electrons. The highest BCUT2D eigenvalue weighted by molar-refractivity contribution is 14.1. The van der Waals surface area contributed by atoms with Crippen LogP contribution in [0.1, 0.15) is 55.1 Å². The fraction of sp³-hybridized carbons (Fsp3) is 0.0588. The molecule has 0 radical (unpaired) electrons. The van der Waals surface area contributed by atoms with Crippen molar-refractivity contribution in [2.75, 3.05) is 0 Å². The van der Waals surface area contributed by atoms with E-state index in [1.165, 1.54) is 8.47 Å². The van der Waals surface area contributed by atoms with Crippen molar-refractivity contribution < 1.29 is 9.59 Å². The lowest BCUT2D eigenvalue weighted by Crippen LogP contribution is -2.34. The lowest BCUT2D eigenvalue weighted by Gasteiger charge is -2.27. The van der Waals surface area contributed by atoms with Crippen LogP contribution >= 0.6 is 45.2 Å². The molecule has 2 amide bonds. The maximum absolute atomic E-state index is 13.0. The molecular formula is C34H26I2N2O2. The van der Waals surface area contributed by atoms with E-state index in [1.54, 1.807) is 24.3 Å². The highest BCUT2D eigenvalue weighted by Gasteiger charge is 2.40. The van der Waals surface area contributed by atoms with E-state index in [4.69, 9.17) is 5.73 Å². The molecule has 5 aromatic carbocycles. The van der Waals surface area contributed by atoms with E-state index in [9.17, 15) is 9.59 Å². The van der Waals surface area contributed by atoms with Gasteiger partial charge < -0.3 is 5.73 Å². The third-order valence-electron chi connectivity index (χ3n) is 6.77. The summed E-state index contributed by atoms with van der Waals surface area (Å²) in [5.74, 6) is -0.485. The third-order valence-corrected chi connectivity index (χ3v) is 8.21. The van der Waals surface area contributed by atoms with Gasteiger partial charge in [0.05, 0.1) is 23.2 Å². The van der Waals surface area contributed by atoms with E-state index in [-0.39, 0.29) is 17.9 Å². The van der Waals surface area contributed by atoms with E-state index in [0.717, 1.165) is 25.8 Å². The topological polar surface area (TPSA) is 63.4 Å². The Kier molecular flexibility index (Phi) is 9.08. The van der Waals surface area contributed by atoms with Gasteiger partial charge in [0.2, 0.25) is 0 Å². The van der Waals surface area contributed by atoms with Crippen molar-refractivity contribution in [2.45, 2.75) is 12.1 Å². The van der Waals surface area contributed by atoms with Crippen molar-refractivity contribution in [3.8, 4) is 0 Å². The average molecular weight is 748 g/mol. The molecule has 0 saturated carbocycles. The van der Waals surface area contributed by atoms with Crippen LogP contribution in [0.25, 0.3) is 0 Å². The maximum atomic E-state index is 13.0. The van der Waals surface area contributed by atoms with E-state index in [2.05, 4.69) is 81.6 Å². The van der Waals surface area contributed by atoms with Crippen LogP contribution in [0, 0.1) is 7.14 Å². The summed E-state index contributed by atoms with van der Waals surface area (Å²) in [5, 5.41) is 0. The first-order valence-corrected chi connectivity index (χ1v) is 14.9. The lowest BCUT2D eigenvalue weighted by molar-refractivity contribution is 0.0608. The first-order chi connectivity index (χ1) is 19.4. The summed E-state index contributed by atoms with van der Waals surface area (Å²) in [6.45, 7) is 0. The van der Waals surface area contributed by atoms with E-state index in [1.807, 2.05) is 72.8 Å². The number of hydrogen-bond acceptors (Lipinski definition) is 3. The number of halogens is 2. The molecule has 0 bridgehead atoms. The van der Waals surface area contributed by atoms with Gasteiger partial charge in [0.25, 0.3) is 11.8 Å². The monoisotopic (exact) mass is 748 g/mol. The molecule has 0 saturated heterocycles. The Morgan fingerprint density at radius 1 is 0.475 bits per heavy atom. The van der Waals surface area contributed by atoms with Crippen LogP contribution < -0.4 is 5.73 Å². The van der Waals surface area contributed by atoms with Crippen molar-refractivity contribution in [2.24, 2.45) is 5.73 Å². The molecule has 1 aliphatic heterocycles. The van der Waals surface area contributed by atoms with Crippen molar-refractivity contribution in [1.82, 2.24) is 4.90 Å². The number of rotatable bonds is 5. The molecule has 2 unspecified atom stereocenters. The second kappa shape index (κ2) is 12.9. The summed E-state index contributed by atoms with van der Waals surface area (Å²) >= 11 is 4.54. The van der Waals surface area contributed by atoms with Gasteiger partial charge in [-0.1, -0.05) is 97.1 Å². The fourth-order valence-electron chi connectivity index (χ4n) is 4.74. The molecular weight excluding hydrogens is 722 g/mol. The van der Waals surface area contributed by atoms with Gasteiger partial charge >= 0.3 is 0 Å².